The molecule has 0 saturated carbocycles. The molecule has 0 spiro atoms. The third-order valence-electron chi connectivity index (χ3n) is 3.69. The maximum atomic E-state index is 5.83. The molecule has 0 radical (unpaired) electrons. The second-order valence-electron chi connectivity index (χ2n) is 5.87. The van der Waals surface area contributed by atoms with Gasteiger partial charge in [0.05, 0.1) is 5.69 Å². The summed E-state index contributed by atoms with van der Waals surface area (Å²) in [7, 11) is 4.10. The highest BCUT2D eigenvalue weighted by atomic mass is 15.4. The normalized spacial score (nSPS) is 13.9. The fraction of sp³-hybridized carbons (Fsp3) is 0.769. The summed E-state index contributed by atoms with van der Waals surface area (Å²) in [4.78, 5) is 2.28. The zero-order chi connectivity index (χ0) is 13.4. The van der Waals surface area contributed by atoms with Crippen LogP contribution >= 0.6 is 0 Å². The van der Waals surface area contributed by atoms with Crippen molar-refractivity contribution in [2.75, 3.05) is 11.9 Å². The van der Waals surface area contributed by atoms with Gasteiger partial charge in [0.1, 0.15) is 5.82 Å². The number of nitrogens with two attached hydrogens (primary N) is 1. The van der Waals surface area contributed by atoms with Crippen LogP contribution in [0, 0.1) is 12.3 Å². The van der Waals surface area contributed by atoms with E-state index in [0.29, 0.717) is 12.6 Å². The number of anilines is 1. The molecule has 1 atom stereocenters. The molecule has 1 unspecified atom stereocenters. The van der Waals surface area contributed by atoms with Gasteiger partial charge < -0.3 is 10.6 Å². The number of rotatable bonds is 3. The van der Waals surface area contributed by atoms with Crippen LogP contribution in [0.4, 0.5) is 5.82 Å². The van der Waals surface area contributed by atoms with E-state index in [1.807, 2.05) is 18.7 Å². The minimum absolute atomic E-state index is 0.221. The van der Waals surface area contributed by atoms with Gasteiger partial charge >= 0.3 is 0 Å². The Morgan fingerprint density at radius 1 is 1.41 bits per heavy atom. The molecule has 0 aliphatic heterocycles. The van der Waals surface area contributed by atoms with Gasteiger partial charge in [0.25, 0.3) is 0 Å². The summed E-state index contributed by atoms with van der Waals surface area (Å²) >= 11 is 0. The Kier molecular flexibility index (Phi) is 3.87. The molecule has 1 heterocycles. The first-order valence-corrected chi connectivity index (χ1v) is 6.15. The zero-order valence-electron chi connectivity index (χ0n) is 12.2. The highest BCUT2D eigenvalue weighted by Crippen LogP contribution is 2.30. The summed E-state index contributed by atoms with van der Waals surface area (Å²) in [5.41, 5.74) is 8.22. The molecule has 0 bridgehead atoms. The van der Waals surface area contributed by atoms with Crippen molar-refractivity contribution in [3.63, 3.8) is 0 Å². The van der Waals surface area contributed by atoms with Gasteiger partial charge in [0.2, 0.25) is 0 Å². The topological polar surface area (TPSA) is 47.1 Å². The summed E-state index contributed by atoms with van der Waals surface area (Å²) in [5, 5.41) is 4.46. The minimum Gasteiger partial charge on any atom is -0.356 e. The van der Waals surface area contributed by atoms with Gasteiger partial charge in [-0.05, 0) is 19.3 Å². The molecule has 4 nitrogen and oxygen atoms in total. The fourth-order valence-electron chi connectivity index (χ4n) is 2.13. The average Bonchev–Trinajstić information content (AvgIpc) is 2.49. The van der Waals surface area contributed by atoms with Crippen LogP contribution in [0.2, 0.25) is 0 Å². The first-order valence-electron chi connectivity index (χ1n) is 6.15. The van der Waals surface area contributed by atoms with Crippen LogP contribution in [0.5, 0.6) is 0 Å². The summed E-state index contributed by atoms with van der Waals surface area (Å²) < 4.78 is 1.93. The van der Waals surface area contributed by atoms with Crippen molar-refractivity contribution < 1.29 is 0 Å². The molecule has 4 heteroatoms. The maximum absolute atomic E-state index is 5.83. The molecule has 17 heavy (non-hydrogen) atoms. The number of nitrogens with zero attached hydrogens (tertiary/aromatic N) is 3. The van der Waals surface area contributed by atoms with E-state index in [9.17, 15) is 0 Å². The van der Waals surface area contributed by atoms with Crippen LogP contribution in [0.15, 0.2) is 0 Å². The van der Waals surface area contributed by atoms with Gasteiger partial charge in [-0.1, -0.05) is 20.8 Å². The minimum atomic E-state index is 0.221. The highest BCUT2D eigenvalue weighted by Gasteiger charge is 2.27. The molecule has 1 aromatic heterocycles. The predicted octanol–water partition coefficient (Wildman–Crippen LogP) is 2.06. The third kappa shape index (κ3) is 2.63. The summed E-state index contributed by atoms with van der Waals surface area (Å²) in [6.45, 7) is 11.5. The number of hydrogen-bond donors (Lipinski definition) is 1. The lowest BCUT2D eigenvalue weighted by molar-refractivity contribution is 0.326. The van der Waals surface area contributed by atoms with Crippen molar-refractivity contribution in [2.24, 2.45) is 18.2 Å². The number of aromatic nitrogens is 2. The Bertz CT molecular complexity index is 387. The predicted molar refractivity (Wildman–Crippen MR) is 73.2 cm³/mol. The molecular weight excluding hydrogens is 212 g/mol. The van der Waals surface area contributed by atoms with E-state index in [1.165, 1.54) is 0 Å². The smallest absolute Gasteiger partial charge is 0.131 e. The van der Waals surface area contributed by atoms with Gasteiger partial charge in [-0.15, -0.1) is 0 Å². The molecule has 1 aromatic rings. The van der Waals surface area contributed by atoms with Crippen molar-refractivity contribution >= 4 is 5.82 Å². The van der Waals surface area contributed by atoms with Gasteiger partial charge in [0, 0.05) is 32.2 Å². The Labute approximate surface area is 105 Å². The van der Waals surface area contributed by atoms with Crippen LogP contribution in [-0.4, -0.2) is 22.9 Å². The summed E-state index contributed by atoms with van der Waals surface area (Å²) in [6, 6.07) is 0.419. The van der Waals surface area contributed by atoms with Crippen molar-refractivity contribution in [1.29, 1.82) is 0 Å². The molecule has 0 aliphatic carbocycles. The molecule has 98 valence electrons. The van der Waals surface area contributed by atoms with Gasteiger partial charge in [-0.25, -0.2) is 0 Å². The third-order valence-corrected chi connectivity index (χ3v) is 3.69. The summed E-state index contributed by atoms with van der Waals surface area (Å²) in [6.07, 6.45) is 0. The van der Waals surface area contributed by atoms with Crippen molar-refractivity contribution in [2.45, 2.75) is 47.2 Å². The molecule has 0 fully saturated rings. The second-order valence-corrected chi connectivity index (χ2v) is 5.87. The Balaban J connectivity index is 3.16. The quantitative estimate of drug-likeness (QED) is 0.877. The molecule has 0 aromatic carbocycles. The van der Waals surface area contributed by atoms with Crippen LogP contribution in [0.1, 0.15) is 39.0 Å². The largest absolute Gasteiger partial charge is 0.356 e. The summed E-state index contributed by atoms with van der Waals surface area (Å²) in [5.74, 6) is 1.13. The van der Waals surface area contributed by atoms with Crippen molar-refractivity contribution in [3.8, 4) is 0 Å². The van der Waals surface area contributed by atoms with E-state index in [2.05, 4.69) is 44.7 Å². The first-order chi connectivity index (χ1) is 7.70. The second kappa shape index (κ2) is 4.69. The lowest BCUT2D eigenvalue weighted by Crippen LogP contribution is -2.40. The Morgan fingerprint density at radius 2 is 1.94 bits per heavy atom. The van der Waals surface area contributed by atoms with Crippen LogP contribution in [0.3, 0.4) is 0 Å². The van der Waals surface area contributed by atoms with Gasteiger partial charge in [-0.3, -0.25) is 4.68 Å². The van der Waals surface area contributed by atoms with E-state index in [4.69, 9.17) is 5.73 Å². The molecule has 0 saturated heterocycles. The molecule has 0 aliphatic rings. The van der Waals surface area contributed by atoms with E-state index < -0.39 is 0 Å². The van der Waals surface area contributed by atoms with E-state index in [-0.39, 0.29) is 5.41 Å². The van der Waals surface area contributed by atoms with E-state index in [0.717, 1.165) is 17.1 Å². The Hall–Kier alpha value is -1.03. The average molecular weight is 238 g/mol. The number of aryl methyl sites for hydroxylation is 2. The van der Waals surface area contributed by atoms with E-state index >= 15 is 0 Å². The van der Waals surface area contributed by atoms with Crippen LogP contribution < -0.4 is 10.6 Å². The SMILES string of the molecule is Cc1nn(C)c(N(C)C(C)C(C)(C)C)c1CN. The molecule has 0 amide bonds. The van der Waals surface area contributed by atoms with Gasteiger partial charge in [0.15, 0.2) is 0 Å². The highest BCUT2D eigenvalue weighted by molar-refractivity contribution is 5.50. The van der Waals surface area contributed by atoms with Crippen LogP contribution in [-0.2, 0) is 13.6 Å². The number of hydrogen-bond acceptors (Lipinski definition) is 3. The van der Waals surface area contributed by atoms with Crippen LogP contribution in [0.25, 0.3) is 0 Å². The lowest BCUT2D eigenvalue weighted by atomic mass is 9.87. The molecule has 2 N–H and O–H groups in total. The van der Waals surface area contributed by atoms with Crippen molar-refractivity contribution in [3.05, 3.63) is 11.3 Å². The standard InChI is InChI=1S/C13H26N4/c1-9-11(8-14)12(17(7)15-9)16(6)10(2)13(3,4)5/h10H,8,14H2,1-7H3. The lowest BCUT2D eigenvalue weighted by Gasteiger charge is -2.37. The molecule has 1 rings (SSSR count). The molecular formula is C13H26N4. The maximum Gasteiger partial charge on any atom is 0.131 e. The fourth-order valence-corrected chi connectivity index (χ4v) is 2.13. The Morgan fingerprint density at radius 3 is 2.35 bits per heavy atom. The van der Waals surface area contributed by atoms with Crippen molar-refractivity contribution in [1.82, 2.24) is 9.78 Å². The monoisotopic (exact) mass is 238 g/mol. The zero-order valence-corrected chi connectivity index (χ0v) is 12.2. The van der Waals surface area contributed by atoms with Gasteiger partial charge in [-0.2, -0.15) is 5.10 Å². The van der Waals surface area contributed by atoms with E-state index in [1.54, 1.807) is 0 Å². The first kappa shape index (κ1) is 14.0.